The highest BCUT2D eigenvalue weighted by Gasteiger charge is 2.27. The summed E-state index contributed by atoms with van der Waals surface area (Å²) in [7, 11) is 0. The van der Waals surface area contributed by atoms with E-state index in [1.165, 1.54) is 12.1 Å². The van der Waals surface area contributed by atoms with E-state index in [4.69, 9.17) is 9.72 Å². The molecule has 0 bridgehead atoms. The van der Waals surface area contributed by atoms with Crippen LogP contribution < -0.4 is 4.74 Å². The summed E-state index contributed by atoms with van der Waals surface area (Å²) < 4.78 is 18.9. The van der Waals surface area contributed by atoms with Gasteiger partial charge >= 0.3 is 0 Å². The lowest BCUT2D eigenvalue weighted by Crippen LogP contribution is -2.39. The van der Waals surface area contributed by atoms with E-state index >= 15 is 0 Å². The molecule has 32 heavy (non-hydrogen) atoms. The molecule has 1 saturated heterocycles. The molecule has 2 heterocycles. The molecule has 5 nitrogen and oxygen atoms in total. The number of carbonyl (C=O) groups is 1. The van der Waals surface area contributed by atoms with Gasteiger partial charge in [0.05, 0.1) is 11.0 Å². The first kappa shape index (κ1) is 20.2. The molecule has 0 radical (unpaired) electrons. The van der Waals surface area contributed by atoms with Crippen molar-refractivity contribution in [1.82, 2.24) is 14.9 Å². The number of benzene rings is 3. The van der Waals surface area contributed by atoms with Crippen LogP contribution in [0.1, 0.15) is 40.5 Å². The molecule has 1 aliphatic rings. The average Bonchev–Trinajstić information content (AvgIpc) is 3.28. The summed E-state index contributed by atoms with van der Waals surface area (Å²) in [5.41, 5.74) is 3.45. The summed E-state index contributed by atoms with van der Waals surface area (Å²) >= 11 is 0. The number of aromatic nitrogens is 2. The first-order valence-electron chi connectivity index (χ1n) is 10.9. The fourth-order valence-corrected chi connectivity index (χ4v) is 4.20. The molecule has 4 aromatic rings. The van der Waals surface area contributed by atoms with Crippen LogP contribution in [0.25, 0.3) is 11.0 Å². The zero-order valence-electron chi connectivity index (χ0n) is 17.6. The molecular weight excluding hydrogens is 405 g/mol. The first-order valence-corrected chi connectivity index (χ1v) is 10.9. The van der Waals surface area contributed by atoms with Crippen LogP contribution in [0.4, 0.5) is 4.39 Å². The van der Waals surface area contributed by atoms with E-state index in [-0.39, 0.29) is 17.6 Å². The number of nitrogens with zero attached hydrogens (tertiary/aromatic N) is 2. The van der Waals surface area contributed by atoms with Gasteiger partial charge in [-0.15, -0.1) is 0 Å². The van der Waals surface area contributed by atoms with Gasteiger partial charge in [0.25, 0.3) is 5.91 Å². The molecule has 1 unspecified atom stereocenters. The Labute approximate surface area is 185 Å². The van der Waals surface area contributed by atoms with Crippen molar-refractivity contribution in [3.05, 3.63) is 95.6 Å². The zero-order chi connectivity index (χ0) is 21.9. The summed E-state index contributed by atoms with van der Waals surface area (Å²) in [6.45, 7) is 1.69. The summed E-state index contributed by atoms with van der Waals surface area (Å²) in [6.07, 6.45) is 1.94. The molecule has 0 aliphatic carbocycles. The van der Waals surface area contributed by atoms with Gasteiger partial charge < -0.3 is 14.6 Å². The number of carbonyl (C=O) groups excluding carboxylic acids is 1. The minimum Gasteiger partial charge on any atom is -0.489 e. The maximum Gasteiger partial charge on any atom is 0.254 e. The molecule has 1 amide bonds. The maximum absolute atomic E-state index is 13.2. The molecule has 1 N–H and O–H groups in total. The second-order valence-corrected chi connectivity index (χ2v) is 8.17. The van der Waals surface area contributed by atoms with Crippen molar-refractivity contribution in [2.75, 3.05) is 13.1 Å². The minimum absolute atomic E-state index is 0.00181. The Bertz CT molecular complexity index is 1200. The largest absolute Gasteiger partial charge is 0.489 e. The summed E-state index contributed by atoms with van der Waals surface area (Å²) in [6, 6.07) is 21.4. The van der Waals surface area contributed by atoms with Crippen molar-refractivity contribution < 1.29 is 13.9 Å². The van der Waals surface area contributed by atoms with Crippen LogP contribution in [0.3, 0.4) is 0 Å². The number of hydrogen-bond acceptors (Lipinski definition) is 3. The number of likely N-dealkylation sites (tertiary alicyclic amines) is 1. The molecule has 1 aliphatic heterocycles. The monoisotopic (exact) mass is 429 g/mol. The fourth-order valence-electron chi connectivity index (χ4n) is 4.20. The van der Waals surface area contributed by atoms with Gasteiger partial charge in [-0.1, -0.05) is 30.3 Å². The van der Waals surface area contributed by atoms with Crippen LogP contribution in [0.15, 0.2) is 72.8 Å². The normalized spacial score (nSPS) is 16.3. The number of piperidine rings is 1. The fraction of sp³-hybridized carbons (Fsp3) is 0.231. The van der Waals surface area contributed by atoms with Gasteiger partial charge in [0.15, 0.2) is 0 Å². The van der Waals surface area contributed by atoms with Crippen LogP contribution in [0.5, 0.6) is 5.75 Å². The number of imidazole rings is 1. The predicted octanol–water partition coefficient (Wildman–Crippen LogP) is 5.30. The van der Waals surface area contributed by atoms with E-state index in [0.717, 1.165) is 41.8 Å². The van der Waals surface area contributed by atoms with E-state index in [2.05, 4.69) is 4.98 Å². The lowest BCUT2D eigenvalue weighted by atomic mass is 9.96. The highest BCUT2D eigenvalue weighted by atomic mass is 19.1. The number of rotatable bonds is 5. The number of amides is 1. The van der Waals surface area contributed by atoms with Gasteiger partial charge in [0.2, 0.25) is 0 Å². The Morgan fingerprint density at radius 1 is 1.09 bits per heavy atom. The SMILES string of the molecule is O=C(c1cccc(OCc2ccc(F)cc2)c1)N1CCCC(c2nc3ccccc3[nH]2)C1. The molecule has 3 aromatic carbocycles. The lowest BCUT2D eigenvalue weighted by Gasteiger charge is -2.32. The molecular formula is C26H24FN3O2. The molecule has 1 aromatic heterocycles. The van der Waals surface area contributed by atoms with Gasteiger partial charge in [-0.3, -0.25) is 4.79 Å². The van der Waals surface area contributed by atoms with Crippen molar-refractivity contribution in [3.8, 4) is 5.75 Å². The third kappa shape index (κ3) is 4.35. The van der Waals surface area contributed by atoms with Gasteiger partial charge in [-0.25, -0.2) is 9.37 Å². The van der Waals surface area contributed by atoms with Crippen LogP contribution in [-0.2, 0) is 6.61 Å². The Balaban J connectivity index is 1.27. The van der Waals surface area contributed by atoms with E-state index in [1.807, 2.05) is 47.4 Å². The molecule has 1 fully saturated rings. The van der Waals surface area contributed by atoms with Crippen LogP contribution >= 0.6 is 0 Å². The number of aromatic amines is 1. The Kier molecular flexibility index (Phi) is 5.58. The summed E-state index contributed by atoms with van der Waals surface area (Å²) in [4.78, 5) is 23.3. The number of ether oxygens (including phenoxy) is 1. The predicted molar refractivity (Wildman–Crippen MR) is 121 cm³/mol. The van der Waals surface area contributed by atoms with E-state index < -0.39 is 0 Å². The number of fused-ring (bicyclic) bond motifs is 1. The number of hydrogen-bond donors (Lipinski definition) is 1. The van der Waals surface area contributed by atoms with Crippen LogP contribution in [0, 0.1) is 5.82 Å². The Hall–Kier alpha value is -3.67. The highest BCUT2D eigenvalue weighted by molar-refractivity contribution is 5.94. The summed E-state index contributed by atoms with van der Waals surface area (Å²) in [5, 5.41) is 0. The van der Waals surface area contributed by atoms with Gasteiger partial charge in [0, 0.05) is 24.6 Å². The quantitative estimate of drug-likeness (QED) is 0.468. The third-order valence-corrected chi connectivity index (χ3v) is 5.90. The minimum atomic E-state index is -0.274. The van der Waals surface area contributed by atoms with E-state index in [0.29, 0.717) is 24.5 Å². The maximum atomic E-state index is 13.2. The van der Waals surface area contributed by atoms with Gasteiger partial charge in [-0.05, 0) is 60.9 Å². The first-order chi connectivity index (χ1) is 15.7. The van der Waals surface area contributed by atoms with Crippen molar-refractivity contribution in [2.45, 2.75) is 25.4 Å². The van der Waals surface area contributed by atoms with E-state index in [1.54, 1.807) is 18.2 Å². The molecule has 0 saturated carbocycles. The van der Waals surface area contributed by atoms with Crippen molar-refractivity contribution in [2.24, 2.45) is 0 Å². The Morgan fingerprint density at radius 3 is 2.78 bits per heavy atom. The molecule has 162 valence electrons. The van der Waals surface area contributed by atoms with Gasteiger partial charge in [-0.2, -0.15) is 0 Å². The topological polar surface area (TPSA) is 58.2 Å². The summed E-state index contributed by atoms with van der Waals surface area (Å²) in [5.74, 6) is 1.48. The Morgan fingerprint density at radius 2 is 1.94 bits per heavy atom. The lowest BCUT2D eigenvalue weighted by molar-refractivity contribution is 0.0704. The average molecular weight is 429 g/mol. The van der Waals surface area contributed by atoms with Crippen molar-refractivity contribution in [3.63, 3.8) is 0 Å². The highest BCUT2D eigenvalue weighted by Crippen LogP contribution is 2.28. The standard InChI is InChI=1S/C26H24FN3O2/c27-21-12-10-18(11-13-21)17-32-22-7-3-5-19(15-22)26(31)30-14-4-6-20(16-30)25-28-23-8-1-2-9-24(23)29-25/h1-3,5,7-13,15,20H,4,6,14,16-17H2,(H,28,29). The number of H-pyrrole nitrogens is 1. The van der Waals surface area contributed by atoms with E-state index in [9.17, 15) is 9.18 Å². The number of halogens is 1. The molecule has 5 rings (SSSR count). The molecule has 1 atom stereocenters. The molecule has 6 heteroatoms. The smallest absolute Gasteiger partial charge is 0.254 e. The second-order valence-electron chi connectivity index (χ2n) is 8.17. The van der Waals surface area contributed by atoms with Crippen LogP contribution in [-0.4, -0.2) is 33.9 Å². The third-order valence-electron chi connectivity index (χ3n) is 5.90. The van der Waals surface area contributed by atoms with Crippen molar-refractivity contribution in [1.29, 1.82) is 0 Å². The molecule has 0 spiro atoms. The number of para-hydroxylation sites is 2. The van der Waals surface area contributed by atoms with Gasteiger partial charge in [0.1, 0.15) is 24.0 Å². The van der Waals surface area contributed by atoms with Crippen LogP contribution in [0.2, 0.25) is 0 Å². The zero-order valence-corrected chi connectivity index (χ0v) is 17.6. The second kappa shape index (κ2) is 8.83. The van der Waals surface area contributed by atoms with Crippen molar-refractivity contribution >= 4 is 16.9 Å². The number of nitrogens with one attached hydrogen (secondary N) is 1.